The molecule has 1 rings (SSSR count). The minimum absolute atomic E-state index is 1.37. The lowest BCUT2D eigenvalue weighted by Crippen LogP contribution is -2.34. The number of allylic oxidation sites excluding steroid dienone is 2. The summed E-state index contributed by atoms with van der Waals surface area (Å²) in [6.07, 6.45) is 6.45. The highest BCUT2D eigenvalue weighted by Gasteiger charge is 2.16. The molecule has 0 saturated carbocycles. The van der Waals surface area contributed by atoms with Crippen LogP contribution in [-0.2, 0) is 0 Å². The molecule has 0 bridgehead atoms. The number of hydrogen-bond acceptors (Lipinski definition) is 2. The normalized spacial score (nSPS) is 34.8. The van der Waals surface area contributed by atoms with Gasteiger partial charge in [0.1, 0.15) is 0 Å². The van der Waals surface area contributed by atoms with Crippen LogP contribution in [0.1, 0.15) is 0 Å². The molecule has 3 heteroatoms. The number of hydrogen-bond donors (Lipinski definition) is 2. The van der Waals surface area contributed by atoms with E-state index in [1.807, 2.05) is 0 Å². The maximum absolute atomic E-state index is 8.89. The van der Waals surface area contributed by atoms with Crippen LogP contribution in [0.5, 0.6) is 0 Å². The number of dihydropyridines is 1. The predicted octanol–water partition coefficient (Wildman–Crippen LogP) is 0.544. The summed E-state index contributed by atoms with van der Waals surface area (Å²) in [4.78, 5) is 0. The molecule has 8 heavy (non-hydrogen) atoms. The molecule has 0 aliphatic carbocycles. The van der Waals surface area contributed by atoms with Crippen molar-refractivity contribution in [3.8, 4) is 0 Å². The highest BCUT2D eigenvalue weighted by molar-refractivity contribution is 6.23. The second-order valence-electron chi connectivity index (χ2n) is 1.54. The Bertz CT molecular complexity index is 139. The van der Waals surface area contributed by atoms with Gasteiger partial charge in [-0.3, -0.25) is 0 Å². The molecule has 1 aliphatic rings. The minimum Gasteiger partial charge on any atom is -0.355 e. The largest absolute Gasteiger partial charge is 0.355 e. The molecule has 0 radical (unpaired) electrons. The Kier molecular flexibility index (Phi) is 1.27. The number of rotatable bonds is 0. The molecule has 2 N–H and O–H groups in total. The molecule has 0 aromatic carbocycles. The molecular weight excluding hydrogens is 126 g/mol. The third-order valence-electron chi connectivity index (χ3n) is 0.810. The lowest BCUT2D eigenvalue weighted by Gasteiger charge is -2.17. The summed E-state index contributed by atoms with van der Waals surface area (Å²) in [7, 11) is 0. The van der Waals surface area contributed by atoms with Crippen molar-refractivity contribution in [1.82, 2.24) is 5.32 Å². The van der Waals surface area contributed by atoms with E-state index >= 15 is 0 Å². The van der Waals surface area contributed by atoms with Crippen molar-refractivity contribution in [3.63, 3.8) is 0 Å². The van der Waals surface area contributed by atoms with Crippen molar-refractivity contribution < 1.29 is 5.11 Å². The van der Waals surface area contributed by atoms with Crippen LogP contribution in [0.25, 0.3) is 0 Å². The van der Waals surface area contributed by atoms with Gasteiger partial charge in [0.25, 0.3) is 0 Å². The maximum Gasteiger partial charge on any atom is 0.234 e. The highest BCUT2D eigenvalue weighted by Crippen LogP contribution is 2.10. The molecule has 2 nitrogen and oxygen atoms in total. The number of halogens is 1. The number of nitrogens with one attached hydrogen (secondary N) is 1. The summed E-state index contributed by atoms with van der Waals surface area (Å²) in [6, 6.07) is 0. The van der Waals surface area contributed by atoms with Crippen LogP contribution >= 0.6 is 11.6 Å². The first-order valence-electron chi connectivity index (χ1n) is 2.24. The Morgan fingerprint density at radius 3 is 2.50 bits per heavy atom. The topological polar surface area (TPSA) is 32.3 Å². The van der Waals surface area contributed by atoms with Crippen LogP contribution in [0, 0.1) is 0 Å². The van der Waals surface area contributed by atoms with Gasteiger partial charge in [-0.15, -0.1) is 0 Å². The fourth-order valence-corrected chi connectivity index (χ4v) is 0.587. The first-order valence-corrected chi connectivity index (χ1v) is 2.62. The van der Waals surface area contributed by atoms with Crippen molar-refractivity contribution in [2.24, 2.45) is 0 Å². The second kappa shape index (κ2) is 1.80. The van der Waals surface area contributed by atoms with Gasteiger partial charge in [0.2, 0.25) is 5.18 Å². The molecule has 0 saturated heterocycles. The van der Waals surface area contributed by atoms with Crippen LogP contribution in [-0.4, -0.2) is 10.3 Å². The third kappa shape index (κ3) is 1.25. The van der Waals surface area contributed by atoms with E-state index in [9.17, 15) is 0 Å². The van der Waals surface area contributed by atoms with Gasteiger partial charge in [0.15, 0.2) is 0 Å². The van der Waals surface area contributed by atoms with Crippen molar-refractivity contribution in [1.29, 1.82) is 0 Å². The zero-order valence-corrected chi connectivity index (χ0v) is 4.89. The van der Waals surface area contributed by atoms with Gasteiger partial charge in [-0.2, -0.15) is 0 Å². The van der Waals surface area contributed by atoms with Gasteiger partial charge in [-0.25, -0.2) is 0 Å². The molecule has 1 atom stereocenters. The Labute approximate surface area is 52.5 Å². The lowest BCUT2D eigenvalue weighted by atomic mass is 10.4. The van der Waals surface area contributed by atoms with Crippen molar-refractivity contribution >= 4 is 11.6 Å². The average Bonchev–Trinajstić information content (AvgIpc) is 1.65. The summed E-state index contributed by atoms with van der Waals surface area (Å²) >= 11 is 5.38. The van der Waals surface area contributed by atoms with Crippen LogP contribution in [0.3, 0.4) is 0 Å². The second-order valence-corrected chi connectivity index (χ2v) is 2.11. The van der Waals surface area contributed by atoms with Crippen LogP contribution in [0.2, 0.25) is 0 Å². The molecular formula is C5H6ClNO. The Balaban J connectivity index is 2.65. The molecule has 0 spiro atoms. The average molecular weight is 132 g/mol. The Morgan fingerprint density at radius 2 is 2.25 bits per heavy atom. The SMILES string of the molecule is OC1(Cl)C=CC=CN1. The highest BCUT2D eigenvalue weighted by atomic mass is 35.5. The van der Waals surface area contributed by atoms with E-state index in [-0.39, 0.29) is 0 Å². The standard InChI is InChI=1S/C5H6ClNO/c6-5(8)3-1-2-4-7-5/h1-4,7-8H. The van der Waals surface area contributed by atoms with E-state index in [0.717, 1.165) is 0 Å². The van der Waals surface area contributed by atoms with Crippen molar-refractivity contribution in [2.45, 2.75) is 5.18 Å². The van der Waals surface area contributed by atoms with Gasteiger partial charge in [0.05, 0.1) is 0 Å². The number of alkyl halides is 1. The molecule has 0 fully saturated rings. The molecule has 44 valence electrons. The van der Waals surface area contributed by atoms with Crippen LogP contribution in [0.15, 0.2) is 24.4 Å². The number of aliphatic hydroxyl groups is 1. The Hall–Kier alpha value is -0.470. The van der Waals surface area contributed by atoms with Gasteiger partial charge in [-0.05, 0) is 12.2 Å². The first-order chi connectivity index (χ1) is 3.71. The lowest BCUT2D eigenvalue weighted by molar-refractivity contribution is 0.156. The summed E-state index contributed by atoms with van der Waals surface area (Å²) in [5, 5.41) is 10.0. The van der Waals surface area contributed by atoms with E-state index in [2.05, 4.69) is 5.32 Å². The molecule has 1 aliphatic heterocycles. The van der Waals surface area contributed by atoms with Crippen molar-refractivity contribution in [3.05, 3.63) is 24.4 Å². The third-order valence-corrected chi connectivity index (χ3v) is 1.05. The van der Waals surface area contributed by atoms with Gasteiger partial charge in [0, 0.05) is 6.20 Å². The maximum atomic E-state index is 8.89. The van der Waals surface area contributed by atoms with E-state index in [1.54, 1.807) is 18.4 Å². The Morgan fingerprint density at radius 1 is 1.50 bits per heavy atom. The molecule has 0 amide bonds. The fraction of sp³-hybridized carbons (Fsp3) is 0.200. The van der Waals surface area contributed by atoms with E-state index in [1.165, 1.54) is 6.08 Å². The van der Waals surface area contributed by atoms with Crippen molar-refractivity contribution in [2.75, 3.05) is 0 Å². The predicted molar refractivity (Wildman–Crippen MR) is 32.2 cm³/mol. The minimum atomic E-state index is -1.37. The zero-order chi connectivity index (χ0) is 6.04. The molecule has 0 aromatic heterocycles. The van der Waals surface area contributed by atoms with Gasteiger partial charge in [-0.1, -0.05) is 17.7 Å². The van der Waals surface area contributed by atoms with E-state index in [0.29, 0.717) is 0 Å². The quantitative estimate of drug-likeness (QED) is 0.372. The molecule has 1 unspecified atom stereocenters. The molecule has 1 heterocycles. The van der Waals surface area contributed by atoms with Gasteiger partial charge < -0.3 is 10.4 Å². The fourth-order valence-electron chi connectivity index (χ4n) is 0.452. The first kappa shape index (κ1) is 5.66. The van der Waals surface area contributed by atoms with Gasteiger partial charge >= 0.3 is 0 Å². The zero-order valence-electron chi connectivity index (χ0n) is 4.13. The van der Waals surface area contributed by atoms with E-state index < -0.39 is 5.18 Å². The summed E-state index contributed by atoms with van der Waals surface area (Å²) in [5.41, 5.74) is 0. The van der Waals surface area contributed by atoms with E-state index in [4.69, 9.17) is 16.7 Å². The van der Waals surface area contributed by atoms with Crippen LogP contribution < -0.4 is 5.32 Å². The molecule has 0 aromatic rings. The smallest absolute Gasteiger partial charge is 0.234 e. The summed E-state index contributed by atoms with van der Waals surface area (Å²) in [6.45, 7) is 0. The summed E-state index contributed by atoms with van der Waals surface area (Å²) < 4.78 is 0. The summed E-state index contributed by atoms with van der Waals surface area (Å²) in [5.74, 6) is 0. The van der Waals surface area contributed by atoms with Crippen LogP contribution in [0.4, 0.5) is 0 Å². The monoisotopic (exact) mass is 131 g/mol.